The Morgan fingerprint density at radius 3 is 2.56 bits per heavy atom. The van der Waals surface area contributed by atoms with Crippen molar-refractivity contribution in [1.82, 2.24) is 5.32 Å². The van der Waals surface area contributed by atoms with E-state index in [0.29, 0.717) is 11.3 Å². The molecule has 2 atom stereocenters. The molecule has 1 fully saturated rings. The number of benzene rings is 1. The molecule has 2 rings (SSSR count). The Morgan fingerprint density at radius 2 is 1.88 bits per heavy atom. The van der Waals surface area contributed by atoms with Crippen LogP contribution in [0.1, 0.15) is 24.3 Å². The van der Waals surface area contributed by atoms with Crippen LogP contribution in [-0.4, -0.2) is 11.8 Å². The molecule has 0 bridgehead atoms. The first-order valence-corrected chi connectivity index (χ1v) is 6.05. The molecule has 0 saturated carbocycles. The van der Waals surface area contributed by atoms with Gasteiger partial charge < -0.3 is 5.32 Å². The first-order valence-electron chi connectivity index (χ1n) is 5.11. The minimum atomic E-state index is -1.14. The van der Waals surface area contributed by atoms with Gasteiger partial charge in [-0.2, -0.15) is 0 Å². The van der Waals surface area contributed by atoms with E-state index in [0.717, 1.165) is 19.0 Å². The fourth-order valence-corrected chi connectivity index (χ4v) is 2.95. The van der Waals surface area contributed by atoms with Gasteiger partial charge in [-0.05, 0) is 19.0 Å². The zero-order chi connectivity index (χ0) is 11.7. The zero-order valence-electron chi connectivity index (χ0n) is 8.77. The summed E-state index contributed by atoms with van der Waals surface area (Å²) in [6.07, 6.45) is 0.993. The van der Waals surface area contributed by atoms with Crippen molar-refractivity contribution < 1.29 is 13.2 Å². The summed E-state index contributed by atoms with van der Waals surface area (Å²) < 4.78 is 39.3. The van der Waals surface area contributed by atoms with Crippen molar-refractivity contribution >= 4 is 11.8 Å². The average Bonchev–Trinajstić information content (AvgIpc) is 2.23. The Kier molecular flexibility index (Phi) is 3.44. The van der Waals surface area contributed by atoms with E-state index >= 15 is 0 Å². The summed E-state index contributed by atoms with van der Waals surface area (Å²) in [4.78, 5) is 0. The normalized spacial score (nSPS) is 25.8. The van der Waals surface area contributed by atoms with Gasteiger partial charge in [0, 0.05) is 16.9 Å². The topological polar surface area (TPSA) is 12.0 Å². The van der Waals surface area contributed by atoms with Gasteiger partial charge in [-0.25, -0.2) is 13.2 Å². The quantitative estimate of drug-likeness (QED) is 0.765. The molecule has 0 aromatic heterocycles. The van der Waals surface area contributed by atoms with E-state index in [2.05, 4.69) is 5.32 Å². The molecule has 1 aliphatic rings. The Balaban J connectivity index is 2.29. The first kappa shape index (κ1) is 11.8. The molecule has 1 saturated heterocycles. The molecule has 16 heavy (non-hydrogen) atoms. The molecule has 1 aliphatic heterocycles. The summed E-state index contributed by atoms with van der Waals surface area (Å²) in [7, 11) is 0. The molecule has 1 aromatic carbocycles. The van der Waals surface area contributed by atoms with Crippen molar-refractivity contribution in [2.75, 3.05) is 6.54 Å². The summed E-state index contributed by atoms with van der Waals surface area (Å²) in [6, 6.07) is 1.54. The third kappa shape index (κ3) is 2.35. The van der Waals surface area contributed by atoms with Gasteiger partial charge in [0.2, 0.25) is 0 Å². The zero-order valence-corrected chi connectivity index (χ0v) is 9.58. The van der Waals surface area contributed by atoms with Gasteiger partial charge in [-0.1, -0.05) is 6.92 Å². The maximum atomic E-state index is 13.5. The summed E-state index contributed by atoms with van der Waals surface area (Å²) in [5.74, 6) is -2.84. The Morgan fingerprint density at radius 1 is 1.19 bits per heavy atom. The maximum absolute atomic E-state index is 13.5. The average molecular weight is 247 g/mol. The lowest BCUT2D eigenvalue weighted by Gasteiger charge is -2.28. The number of rotatable bonds is 1. The van der Waals surface area contributed by atoms with E-state index in [4.69, 9.17) is 0 Å². The van der Waals surface area contributed by atoms with Crippen LogP contribution < -0.4 is 5.32 Å². The SMILES string of the molecule is CC1CCNC(c2cc(F)c(F)cc2F)S1. The standard InChI is InChI=1S/C11H12F3NS/c1-6-2-3-15-11(16-6)7-4-9(13)10(14)5-8(7)12/h4-6,11,15H,2-3H2,1H3. The van der Waals surface area contributed by atoms with Crippen molar-refractivity contribution in [2.24, 2.45) is 0 Å². The molecular weight excluding hydrogens is 235 g/mol. The minimum Gasteiger partial charge on any atom is -0.301 e. The van der Waals surface area contributed by atoms with E-state index < -0.39 is 17.5 Å². The van der Waals surface area contributed by atoms with Gasteiger partial charge in [0.15, 0.2) is 11.6 Å². The highest BCUT2D eigenvalue weighted by Gasteiger charge is 2.24. The third-order valence-electron chi connectivity index (χ3n) is 2.57. The highest BCUT2D eigenvalue weighted by molar-refractivity contribution is 8.00. The van der Waals surface area contributed by atoms with Gasteiger partial charge in [-0.3, -0.25) is 0 Å². The maximum Gasteiger partial charge on any atom is 0.161 e. The predicted octanol–water partition coefficient (Wildman–Crippen LogP) is 3.22. The lowest BCUT2D eigenvalue weighted by Crippen LogP contribution is -2.29. The van der Waals surface area contributed by atoms with Crippen LogP contribution in [0.3, 0.4) is 0 Å². The summed E-state index contributed by atoms with van der Waals surface area (Å²) >= 11 is 1.53. The number of halogens is 3. The summed E-state index contributed by atoms with van der Waals surface area (Å²) in [5, 5.41) is 3.18. The Bertz CT molecular complexity index is 397. The summed E-state index contributed by atoms with van der Waals surface area (Å²) in [5.41, 5.74) is 0.190. The second-order valence-electron chi connectivity index (χ2n) is 3.86. The molecule has 0 amide bonds. The van der Waals surface area contributed by atoms with E-state index in [-0.39, 0.29) is 10.9 Å². The second-order valence-corrected chi connectivity index (χ2v) is 5.41. The van der Waals surface area contributed by atoms with Gasteiger partial charge in [0.1, 0.15) is 5.82 Å². The molecule has 88 valence electrons. The van der Waals surface area contributed by atoms with E-state index in [1.54, 1.807) is 0 Å². The van der Waals surface area contributed by atoms with Crippen LogP contribution in [0.4, 0.5) is 13.2 Å². The van der Waals surface area contributed by atoms with Crippen LogP contribution in [0, 0.1) is 17.5 Å². The number of nitrogens with one attached hydrogen (secondary N) is 1. The lowest BCUT2D eigenvalue weighted by atomic mass is 10.2. The third-order valence-corrected chi connectivity index (χ3v) is 3.96. The van der Waals surface area contributed by atoms with Gasteiger partial charge >= 0.3 is 0 Å². The minimum absolute atomic E-state index is 0.190. The molecule has 0 aliphatic carbocycles. The lowest BCUT2D eigenvalue weighted by molar-refractivity contribution is 0.484. The van der Waals surface area contributed by atoms with Crippen LogP contribution in [0.25, 0.3) is 0 Å². The largest absolute Gasteiger partial charge is 0.301 e. The monoisotopic (exact) mass is 247 g/mol. The first-order chi connectivity index (χ1) is 7.58. The van der Waals surface area contributed by atoms with Crippen LogP contribution in [0.15, 0.2) is 12.1 Å². The highest BCUT2D eigenvalue weighted by Crippen LogP contribution is 2.36. The summed E-state index contributed by atoms with van der Waals surface area (Å²) in [6.45, 7) is 2.80. The van der Waals surface area contributed by atoms with Crippen molar-refractivity contribution in [3.63, 3.8) is 0 Å². The fourth-order valence-electron chi connectivity index (χ4n) is 1.69. The fraction of sp³-hybridized carbons (Fsp3) is 0.455. The molecule has 1 heterocycles. The molecule has 0 spiro atoms. The van der Waals surface area contributed by atoms with Crippen LogP contribution in [0.2, 0.25) is 0 Å². The highest BCUT2D eigenvalue weighted by atomic mass is 32.2. The molecule has 1 nitrogen and oxygen atoms in total. The van der Waals surface area contributed by atoms with Crippen molar-refractivity contribution in [3.05, 3.63) is 35.1 Å². The van der Waals surface area contributed by atoms with E-state index in [9.17, 15) is 13.2 Å². The van der Waals surface area contributed by atoms with Crippen LogP contribution >= 0.6 is 11.8 Å². The Hall–Kier alpha value is -0.680. The molecule has 1 aromatic rings. The van der Waals surface area contributed by atoms with Gasteiger partial charge in [0.25, 0.3) is 0 Å². The van der Waals surface area contributed by atoms with Crippen LogP contribution in [0.5, 0.6) is 0 Å². The Labute approximate surface area is 96.4 Å². The van der Waals surface area contributed by atoms with E-state index in [1.165, 1.54) is 11.8 Å². The van der Waals surface area contributed by atoms with Crippen LogP contribution in [-0.2, 0) is 0 Å². The van der Waals surface area contributed by atoms with Gasteiger partial charge in [-0.15, -0.1) is 11.8 Å². The molecule has 2 unspecified atom stereocenters. The molecular formula is C11H12F3NS. The molecule has 5 heteroatoms. The molecule has 1 N–H and O–H groups in total. The number of hydrogen-bond donors (Lipinski definition) is 1. The van der Waals surface area contributed by atoms with E-state index in [1.807, 2.05) is 6.92 Å². The van der Waals surface area contributed by atoms with Crippen molar-refractivity contribution in [3.8, 4) is 0 Å². The molecule has 0 radical (unpaired) electrons. The second kappa shape index (κ2) is 4.67. The van der Waals surface area contributed by atoms with Gasteiger partial charge in [0.05, 0.1) is 5.37 Å². The number of hydrogen-bond acceptors (Lipinski definition) is 2. The van der Waals surface area contributed by atoms with Crippen molar-refractivity contribution in [1.29, 1.82) is 0 Å². The predicted molar refractivity (Wildman–Crippen MR) is 58.7 cm³/mol. The van der Waals surface area contributed by atoms with Crippen molar-refractivity contribution in [2.45, 2.75) is 24.0 Å². The number of thioether (sulfide) groups is 1. The smallest absolute Gasteiger partial charge is 0.161 e.